The lowest BCUT2D eigenvalue weighted by molar-refractivity contribution is 0.560. The highest BCUT2D eigenvalue weighted by Gasteiger charge is 2.18. The van der Waals surface area contributed by atoms with E-state index in [1.165, 1.54) is 42.5 Å². The molecule has 17 heavy (non-hydrogen) atoms. The highest BCUT2D eigenvalue weighted by Crippen LogP contribution is 2.34. The second-order valence-corrected chi connectivity index (χ2v) is 4.47. The molecule has 0 aromatic heterocycles. The maximum absolute atomic E-state index is 13.5. The Morgan fingerprint density at radius 3 is 1.88 bits per heavy atom. The van der Waals surface area contributed by atoms with Crippen molar-refractivity contribution in [3.8, 4) is 0 Å². The van der Waals surface area contributed by atoms with E-state index in [1.54, 1.807) is 0 Å². The van der Waals surface area contributed by atoms with Crippen molar-refractivity contribution < 1.29 is 13.2 Å². The lowest BCUT2D eigenvalue weighted by Crippen LogP contribution is -2.00. The van der Waals surface area contributed by atoms with E-state index in [2.05, 4.69) is 15.9 Å². The fourth-order valence-electron chi connectivity index (χ4n) is 1.55. The molecule has 0 fully saturated rings. The molecule has 0 amide bonds. The smallest absolute Gasteiger partial charge is 0.130 e. The molecule has 0 bridgehead atoms. The lowest BCUT2D eigenvalue weighted by Gasteiger charge is -2.12. The summed E-state index contributed by atoms with van der Waals surface area (Å²) in [6.45, 7) is 0. The molecule has 1 unspecified atom stereocenters. The average Bonchev–Trinajstić information content (AvgIpc) is 2.29. The van der Waals surface area contributed by atoms with Gasteiger partial charge in [0, 0.05) is 5.56 Å². The maximum atomic E-state index is 13.5. The van der Waals surface area contributed by atoms with Crippen LogP contribution < -0.4 is 0 Å². The van der Waals surface area contributed by atoms with Crippen molar-refractivity contribution in [2.45, 2.75) is 4.83 Å². The standard InChI is InChI=1S/C13H8BrF3/c14-13(8-4-6-9(15)7-5-8)12-10(16)2-1-3-11(12)17/h1-7,13H. The first kappa shape index (κ1) is 12.2. The van der Waals surface area contributed by atoms with Crippen LogP contribution in [0.2, 0.25) is 0 Å². The number of alkyl halides is 1. The number of rotatable bonds is 2. The third-order valence-corrected chi connectivity index (χ3v) is 3.40. The van der Waals surface area contributed by atoms with Crippen LogP contribution in [-0.2, 0) is 0 Å². The molecular weight excluding hydrogens is 293 g/mol. The monoisotopic (exact) mass is 300 g/mol. The van der Waals surface area contributed by atoms with E-state index in [9.17, 15) is 13.2 Å². The molecule has 0 heterocycles. The number of halogens is 4. The first-order valence-electron chi connectivity index (χ1n) is 4.93. The van der Waals surface area contributed by atoms with Crippen LogP contribution in [0.15, 0.2) is 42.5 Å². The Hall–Kier alpha value is -1.29. The van der Waals surface area contributed by atoms with Gasteiger partial charge in [-0.3, -0.25) is 0 Å². The quantitative estimate of drug-likeness (QED) is 0.712. The molecule has 0 aliphatic rings. The SMILES string of the molecule is Fc1ccc(C(Br)c2c(F)cccc2F)cc1. The largest absolute Gasteiger partial charge is 0.207 e. The molecule has 4 heteroatoms. The van der Waals surface area contributed by atoms with E-state index in [-0.39, 0.29) is 11.4 Å². The minimum absolute atomic E-state index is 0.0703. The second kappa shape index (κ2) is 4.92. The Morgan fingerprint density at radius 1 is 0.824 bits per heavy atom. The van der Waals surface area contributed by atoms with Gasteiger partial charge >= 0.3 is 0 Å². The molecule has 0 spiro atoms. The minimum atomic E-state index is -0.635. The zero-order valence-electron chi connectivity index (χ0n) is 8.63. The zero-order valence-corrected chi connectivity index (χ0v) is 10.2. The molecule has 0 N–H and O–H groups in total. The number of benzene rings is 2. The summed E-state index contributed by atoms with van der Waals surface area (Å²) in [6.07, 6.45) is 0. The van der Waals surface area contributed by atoms with Gasteiger partial charge in [-0.1, -0.05) is 34.1 Å². The van der Waals surface area contributed by atoms with E-state index < -0.39 is 16.5 Å². The van der Waals surface area contributed by atoms with E-state index in [4.69, 9.17) is 0 Å². The molecule has 1 atom stereocenters. The molecule has 0 saturated carbocycles. The van der Waals surface area contributed by atoms with Gasteiger partial charge < -0.3 is 0 Å². The van der Waals surface area contributed by atoms with Gasteiger partial charge in [0.1, 0.15) is 17.5 Å². The van der Waals surface area contributed by atoms with Crippen molar-refractivity contribution in [3.05, 3.63) is 71.0 Å². The molecule has 0 radical (unpaired) electrons. The van der Waals surface area contributed by atoms with Gasteiger partial charge in [-0.25, -0.2) is 13.2 Å². The van der Waals surface area contributed by atoms with Crippen LogP contribution in [0.1, 0.15) is 16.0 Å². The number of hydrogen-bond donors (Lipinski definition) is 0. The van der Waals surface area contributed by atoms with Gasteiger partial charge in [0.05, 0.1) is 4.83 Å². The average molecular weight is 301 g/mol. The number of hydrogen-bond acceptors (Lipinski definition) is 0. The summed E-state index contributed by atoms with van der Waals surface area (Å²) in [5, 5.41) is 0. The highest BCUT2D eigenvalue weighted by atomic mass is 79.9. The Kier molecular flexibility index (Phi) is 3.52. The van der Waals surface area contributed by atoms with Gasteiger partial charge in [-0.2, -0.15) is 0 Å². The summed E-state index contributed by atoms with van der Waals surface area (Å²) in [6, 6.07) is 9.16. The van der Waals surface area contributed by atoms with Crippen LogP contribution in [0.4, 0.5) is 13.2 Å². The molecule has 2 aromatic rings. The van der Waals surface area contributed by atoms with Gasteiger partial charge in [-0.15, -0.1) is 0 Å². The van der Waals surface area contributed by atoms with Crippen LogP contribution in [0.5, 0.6) is 0 Å². The molecule has 2 aromatic carbocycles. The molecule has 0 saturated heterocycles. The van der Waals surface area contributed by atoms with E-state index >= 15 is 0 Å². The van der Waals surface area contributed by atoms with Gasteiger partial charge in [0.2, 0.25) is 0 Å². The molecule has 0 nitrogen and oxygen atoms in total. The summed E-state index contributed by atoms with van der Waals surface area (Å²) in [4.78, 5) is -0.635. The summed E-state index contributed by atoms with van der Waals surface area (Å²) in [7, 11) is 0. The summed E-state index contributed by atoms with van der Waals surface area (Å²) >= 11 is 3.22. The predicted octanol–water partition coefficient (Wildman–Crippen LogP) is 4.59. The van der Waals surface area contributed by atoms with Gasteiger partial charge in [0.15, 0.2) is 0 Å². The molecule has 0 aliphatic heterocycles. The van der Waals surface area contributed by atoms with Crippen LogP contribution in [-0.4, -0.2) is 0 Å². The van der Waals surface area contributed by atoms with Crippen LogP contribution >= 0.6 is 15.9 Å². The van der Waals surface area contributed by atoms with Crippen LogP contribution in [0.25, 0.3) is 0 Å². The Labute approximate surface area is 105 Å². The van der Waals surface area contributed by atoms with Crippen molar-refractivity contribution in [1.29, 1.82) is 0 Å². The third kappa shape index (κ3) is 2.52. The van der Waals surface area contributed by atoms with Crippen LogP contribution in [0.3, 0.4) is 0 Å². The third-order valence-electron chi connectivity index (χ3n) is 2.42. The second-order valence-electron chi connectivity index (χ2n) is 3.55. The van der Waals surface area contributed by atoms with E-state index in [0.29, 0.717) is 5.56 Å². The van der Waals surface area contributed by atoms with Crippen molar-refractivity contribution in [2.24, 2.45) is 0 Å². The summed E-state index contributed by atoms with van der Waals surface area (Å²) in [5.41, 5.74) is 0.523. The maximum Gasteiger partial charge on any atom is 0.130 e. The zero-order chi connectivity index (χ0) is 12.4. The van der Waals surface area contributed by atoms with Gasteiger partial charge in [-0.05, 0) is 29.8 Å². The van der Waals surface area contributed by atoms with Crippen molar-refractivity contribution in [3.63, 3.8) is 0 Å². The predicted molar refractivity (Wildman–Crippen MR) is 63.5 cm³/mol. The molecular formula is C13H8BrF3. The first-order chi connectivity index (χ1) is 8.09. The lowest BCUT2D eigenvalue weighted by atomic mass is 10.0. The Bertz CT molecular complexity index is 502. The normalized spacial score (nSPS) is 12.5. The fraction of sp³-hybridized carbons (Fsp3) is 0.0769. The van der Waals surface area contributed by atoms with Crippen molar-refractivity contribution in [2.75, 3.05) is 0 Å². The van der Waals surface area contributed by atoms with E-state index in [0.717, 1.165) is 0 Å². The Balaban J connectivity index is 2.43. The fourth-order valence-corrected chi connectivity index (χ4v) is 2.29. The van der Waals surface area contributed by atoms with E-state index in [1.807, 2.05) is 0 Å². The Morgan fingerprint density at radius 2 is 1.35 bits per heavy atom. The minimum Gasteiger partial charge on any atom is -0.207 e. The van der Waals surface area contributed by atoms with Crippen LogP contribution in [0, 0.1) is 17.5 Å². The van der Waals surface area contributed by atoms with Crippen molar-refractivity contribution in [1.82, 2.24) is 0 Å². The summed E-state index contributed by atoms with van der Waals surface area (Å²) in [5.74, 6) is -1.64. The highest BCUT2D eigenvalue weighted by molar-refractivity contribution is 9.09. The molecule has 2 rings (SSSR count). The molecule has 0 aliphatic carbocycles. The summed E-state index contributed by atoms with van der Waals surface area (Å²) < 4.78 is 39.8. The van der Waals surface area contributed by atoms with Crippen molar-refractivity contribution >= 4 is 15.9 Å². The first-order valence-corrected chi connectivity index (χ1v) is 5.84. The topological polar surface area (TPSA) is 0 Å². The van der Waals surface area contributed by atoms with Gasteiger partial charge in [0.25, 0.3) is 0 Å². The molecule has 88 valence electrons.